The van der Waals surface area contributed by atoms with Crippen LogP contribution in [-0.2, 0) is 0 Å². The number of nitriles is 1. The molecule has 2 aromatic heterocycles. The van der Waals surface area contributed by atoms with Gasteiger partial charge in [-0.2, -0.15) is 5.26 Å². The minimum Gasteiger partial charge on any atom is -0.443 e. The van der Waals surface area contributed by atoms with Crippen molar-refractivity contribution in [1.82, 2.24) is 9.97 Å². The van der Waals surface area contributed by atoms with Gasteiger partial charge in [0, 0.05) is 11.8 Å². The molecule has 0 aliphatic heterocycles. The zero-order valence-electron chi connectivity index (χ0n) is 10.00. The summed E-state index contributed by atoms with van der Waals surface area (Å²) >= 11 is 0. The second-order valence-corrected chi connectivity index (χ2v) is 3.97. The first kappa shape index (κ1) is 11.2. The van der Waals surface area contributed by atoms with Gasteiger partial charge in [0.05, 0.1) is 11.3 Å². The van der Waals surface area contributed by atoms with E-state index in [4.69, 9.17) is 4.42 Å². The summed E-state index contributed by atoms with van der Waals surface area (Å²) in [5.41, 5.74) is 4.28. The van der Waals surface area contributed by atoms with E-state index in [1.165, 1.54) is 6.39 Å². The van der Waals surface area contributed by atoms with Crippen LogP contribution >= 0.6 is 0 Å². The number of hydrogen-bond acceptors (Lipinski definition) is 4. The molecule has 4 nitrogen and oxygen atoms in total. The normalized spacial score (nSPS) is 10.3. The van der Waals surface area contributed by atoms with Gasteiger partial charge in [-0.15, -0.1) is 0 Å². The molecule has 2 heterocycles. The molecule has 0 spiro atoms. The van der Waals surface area contributed by atoms with Crippen molar-refractivity contribution in [2.45, 2.75) is 0 Å². The highest BCUT2D eigenvalue weighted by Crippen LogP contribution is 2.27. The molecule has 0 N–H and O–H groups in total. The van der Waals surface area contributed by atoms with Crippen molar-refractivity contribution in [2.24, 2.45) is 0 Å². The van der Waals surface area contributed by atoms with E-state index in [2.05, 4.69) is 22.6 Å². The monoisotopic (exact) mass is 247 g/mol. The van der Waals surface area contributed by atoms with E-state index in [-0.39, 0.29) is 0 Å². The number of benzene rings is 1. The average Bonchev–Trinajstić information content (AvgIpc) is 2.93. The molecule has 90 valence electrons. The lowest BCUT2D eigenvalue weighted by Crippen LogP contribution is -1.91. The molecule has 0 atom stereocenters. The van der Waals surface area contributed by atoms with Crippen LogP contribution in [0.2, 0.25) is 0 Å². The van der Waals surface area contributed by atoms with Crippen molar-refractivity contribution in [3.05, 3.63) is 54.7 Å². The van der Waals surface area contributed by atoms with E-state index >= 15 is 0 Å². The highest BCUT2D eigenvalue weighted by atomic mass is 16.3. The highest BCUT2D eigenvalue weighted by Gasteiger charge is 2.10. The van der Waals surface area contributed by atoms with Crippen LogP contribution in [0.15, 0.2) is 47.9 Å². The Morgan fingerprint density at radius 3 is 2.95 bits per heavy atom. The van der Waals surface area contributed by atoms with Gasteiger partial charge in [-0.1, -0.05) is 12.6 Å². The van der Waals surface area contributed by atoms with E-state index in [0.29, 0.717) is 16.8 Å². The van der Waals surface area contributed by atoms with Crippen LogP contribution in [0, 0.1) is 11.3 Å². The minimum atomic E-state index is 0.511. The maximum atomic E-state index is 9.29. The molecule has 0 amide bonds. The summed E-state index contributed by atoms with van der Waals surface area (Å²) in [6, 6.07) is 9.63. The van der Waals surface area contributed by atoms with Gasteiger partial charge >= 0.3 is 0 Å². The Balaban J connectivity index is 2.26. The first-order valence-corrected chi connectivity index (χ1v) is 5.68. The molecule has 0 radical (unpaired) electrons. The van der Waals surface area contributed by atoms with Crippen LogP contribution < -0.4 is 0 Å². The molecule has 3 rings (SSSR count). The smallest absolute Gasteiger partial charge is 0.181 e. The SMILES string of the molecule is C=Cc1nccc(-c2ccc3ncoc3c2)c1C#N. The summed E-state index contributed by atoms with van der Waals surface area (Å²) in [7, 11) is 0. The molecule has 19 heavy (non-hydrogen) atoms. The number of pyridine rings is 1. The first-order valence-electron chi connectivity index (χ1n) is 5.68. The van der Waals surface area contributed by atoms with Crippen molar-refractivity contribution in [3.63, 3.8) is 0 Å². The third-order valence-electron chi connectivity index (χ3n) is 2.93. The molecule has 1 aromatic carbocycles. The molecular formula is C15H9N3O. The first-order chi connectivity index (χ1) is 9.33. The lowest BCUT2D eigenvalue weighted by atomic mass is 9.99. The average molecular weight is 247 g/mol. The van der Waals surface area contributed by atoms with Crippen molar-refractivity contribution >= 4 is 17.2 Å². The second-order valence-electron chi connectivity index (χ2n) is 3.97. The van der Waals surface area contributed by atoms with E-state index in [1.807, 2.05) is 24.3 Å². The number of nitrogens with zero attached hydrogens (tertiary/aromatic N) is 3. The predicted molar refractivity (Wildman–Crippen MR) is 72.0 cm³/mol. The lowest BCUT2D eigenvalue weighted by molar-refractivity contribution is 0.602. The van der Waals surface area contributed by atoms with E-state index in [0.717, 1.165) is 16.6 Å². The summed E-state index contributed by atoms with van der Waals surface area (Å²) in [5.74, 6) is 0. The summed E-state index contributed by atoms with van der Waals surface area (Å²) in [6.45, 7) is 3.67. The van der Waals surface area contributed by atoms with Gasteiger partial charge in [-0.25, -0.2) is 4.98 Å². The number of aromatic nitrogens is 2. The van der Waals surface area contributed by atoms with Gasteiger partial charge in [0.2, 0.25) is 0 Å². The van der Waals surface area contributed by atoms with Crippen LogP contribution in [-0.4, -0.2) is 9.97 Å². The largest absolute Gasteiger partial charge is 0.443 e. The molecule has 0 saturated carbocycles. The Hall–Kier alpha value is -2.93. The van der Waals surface area contributed by atoms with Crippen LogP contribution in [0.3, 0.4) is 0 Å². The second kappa shape index (κ2) is 4.39. The van der Waals surface area contributed by atoms with Crippen LogP contribution in [0.1, 0.15) is 11.3 Å². The Morgan fingerprint density at radius 1 is 1.26 bits per heavy atom. The fraction of sp³-hybridized carbons (Fsp3) is 0. The van der Waals surface area contributed by atoms with Gasteiger partial charge < -0.3 is 4.42 Å². The maximum Gasteiger partial charge on any atom is 0.181 e. The van der Waals surface area contributed by atoms with E-state index in [1.54, 1.807) is 12.3 Å². The van der Waals surface area contributed by atoms with Crippen molar-refractivity contribution < 1.29 is 4.42 Å². The number of rotatable bonds is 2. The zero-order chi connectivity index (χ0) is 13.2. The van der Waals surface area contributed by atoms with Gasteiger partial charge in [-0.05, 0) is 29.8 Å². The molecule has 0 aliphatic carbocycles. The maximum absolute atomic E-state index is 9.29. The topological polar surface area (TPSA) is 62.7 Å². The van der Waals surface area contributed by atoms with Crippen LogP contribution in [0.4, 0.5) is 0 Å². The standard InChI is InChI=1S/C15H9N3O/c1-2-13-12(8-16)11(5-6-17-13)10-3-4-14-15(7-10)19-9-18-14/h2-7,9H,1H2. The van der Waals surface area contributed by atoms with Crippen LogP contribution in [0.25, 0.3) is 28.3 Å². The Morgan fingerprint density at radius 2 is 2.16 bits per heavy atom. The summed E-state index contributed by atoms with van der Waals surface area (Å²) in [6.07, 6.45) is 4.65. The fourth-order valence-electron chi connectivity index (χ4n) is 2.01. The Kier molecular flexibility index (Phi) is 2.58. The third kappa shape index (κ3) is 1.78. The highest BCUT2D eigenvalue weighted by molar-refractivity contribution is 5.82. The number of hydrogen-bond donors (Lipinski definition) is 0. The molecule has 0 aliphatic rings. The third-order valence-corrected chi connectivity index (χ3v) is 2.93. The zero-order valence-corrected chi connectivity index (χ0v) is 10.00. The predicted octanol–water partition coefficient (Wildman–Crippen LogP) is 3.40. The molecule has 0 fully saturated rings. The Labute approximate surface area is 109 Å². The summed E-state index contributed by atoms with van der Waals surface area (Å²) < 4.78 is 5.28. The quantitative estimate of drug-likeness (QED) is 0.696. The molecular weight excluding hydrogens is 238 g/mol. The van der Waals surface area contributed by atoms with Crippen molar-refractivity contribution in [2.75, 3.05) is 0 Å². The van der Waals surface area contributed by atoms with E-state index < -0.39 is 0 Å². The van der Waals surface area contributed by atoms with E-state index in [9.17, 15) is 5.26 Å². The summed E-state index contributed by atoms with van der Waals surface area (Å²) in [4.78, 5) is 8.20. The van der Waals surface area contributed by atoms with Crippen LogP contribution in [0.5, 0.6) is 0 Å². The lowest BCUT2D eigenvalue weighted by Gasteiger charge is -2.05. The molecule has 4 heteroatoms. The number of oxazole rings is 1. The summed E-state index contributed by atoms with van der Waals surface area (Å²) in [5, 5.41) is 9.29. The number of fused-ring (bicyclic) bond motifs is 1. The van der Waals surface area contributed by atoms with Gasteiger partial charge in [-0.3, -0.25) is 4.98 Å². The molecule has 0 unspecified atom stereocenters. The Bertz CT molecular complexity index is 812. The minimum absolute atomic E-state index is 0.511. The van der Waals surface area contributed by atoms with Crippen molar-refractivity contribution in [1.29, 1.82) is 5.26 Å². The fourth-order valence-corrected chi connectivity index (χ4v) is 2.01. The van der Waals surface area contributed by atoms with Gasteiger partial charge in [0.1, 0.15) is 11.6 Å². The molecule has 0 saturated heterocycles. The molecule has 0 bridgehead atoms. The van der Waals surface area contributed by atoms with Gasteiger partial charge in [0.25, 0.3) is 0 Å². The molecule has 3 aromatic rings. The van der Waals surface area contributed by atoms with Gasteiger partial charge in [0.15, 0.2) is 12.0 Å². The van der Waals surface area contributed by atoms with Crippen molar-refractivity contribution in [3.8, 4) is 17.2 Å².